The van der Waals surface area contributed by atoms with Crippen LogP contribution in [0.3, 0.4) is 0 Å². The Bertz CT molecular complexity index is 365. The van der Waals surface area contributed by atoms with E-state index in [1.54, 1.807) is 0 Å². The molecule has 1 rings (SSSR count). The van der Waals surface area contributed by atoms with Gasteiger partial charge in [-0.15, -0.1) is 0 Å². The van der Waals surface area contributed by atoms with E-state index in [9.17, 15) is 4.79 Å². The van der Waals surface area contributed by atoms with Crippen LogP contribution in [0, 0.1) is 0 Å². The number of hydrogen-bond donors (Lipinski definition) is 2. The molecule has 0 aliphatic carbocycles. The smallest absolute Gasteiger partial charge is 0.303 e. The van der Waals surface area contributed by atoms with E-state index in [4.69, 9.17) is 9.84 Å². The Hall–Kier alpha value is -1.71. The Morgan fingerprint density at radius 1 is 1.47 bits per heavy atom. The molecule has 0 spiro atoms. The number of carboxylic acids is 1. The van der Waals surface area contributed by atoms with Crippen LogP contribution in [0.4, 0.5) is 5.69 Å². The number of ether oxygens (including phenoxy) is 1. The minimum Gasteiger partial charge on any atom is -0.492 e. The first-order valence-corrected chi connectivity index (χ1v) is 5.83. The molecule has 4 heteroatoms. The van der Waals surface area contributed by atoms with E-state index in [2.05, 4.69) is 5.32 Å². The average Bonchev–Trinajstić information content (AvgIpc) is 2.29. The molecule has 94 valence electrons. The lowest BCUT2D eigenvalue weighted by Gasteiger charge is -2.17. The topological polar surface area (TPSA) is 58.6 Å². The summed E-state index contributed by atoms with van der Waals surface area (Å²) in [5.74, 6) is 0.0360. The Balaban J connectivity index is 2.57. The van der Waals surface area contributed by atoms with Gasteiger partial charge in [0.1, 0.15) is 5.75 Å². The molecule has 4 nitrogen and oxygen atoms in total. The summed E-state index contributed by atoms with van der Waals surface area (Å²) in [5, 5.41) is 11.9. The Kier molecular flexibility index (Phi) is 5.33. The van der Waals surface area contributed by atoms with Gasteiger partial charge in [-0.3, -0.25) is 4.79 Å². The Labute approximate surface area is 102 Å². The van der Waals surface area contributed by atoms with Gasteiger partial charge in [-0.05, 0) is 32.4 Å². The summed E-state index contributed by atoms with van der Waals surface area (Å²) < 4.78 is 5.48. The second-order valence-electron chi connectivity index (χ2n) is 3.91. The van der Waals surface area contributed by atoms with Crippen molar-refractivity contribution in [2.24, 2.45) is 0 Å². The third kappa shape index (κ3) is 4.76. The zero-order valence-electron chi connectivity index (χ0n) is 10.3. The Morgan fingerprint density at radius 3 is 2.82 bits per heavy atom. The van der Waals surface area contributed by atoms with E-state index in [1.807, 2.05) is 38.1 Å². The highest BCUT2D eigenvalue weighted by atomic mass is 16.5. The van der Waals surface area contributed by atoms with Crippen LogP contribution in [0.5, 0.6) is 5.75 Å². The van der Waals surface area contributed by atoms with Gasteiger partial charge < -0.3 is 15.2 Å². The standard InChI is InChI=1S/C13H19NO3/c1-3-17-12-7-5-4-6-11(12)14-10(2)8-9-13(15)16/h4-7,10,14H,3,8-9H2,1-2H3,(H,15,16). The summed E-state index contributed by atoms with van der Waals surface area (Å²) in [4.78, 5) is 10.5. The molecule has 0 saturated carbocycles. The molecule has 1 unspecified atom stereocenters. The lowest BCUT2D eigenvalue weighted by atomic mass is 10.1. The summed E-state index contributed by atoms with van der Waals surface area (Å²) in [7, 11) is 0. The van der Waals surface area contributed by atoms with Crippen molar-refractivity contribution in [3.8, 4) is 5.75 Å². The fraction of sp³-hybridized carbons (Fsp3) is 0.462. The van der Waals surface area contributed by atoms with Crippen molar-refractivity contribution in [3.63, 3.8) is 0 Å². The first-order chi connectivity index (χ1) is 8.13. The van der Waals surface area contributed by atoms with Gasteiger partial charge in [0, 0.05) is 12.5 Å². The molecule has 17 heavy (non-hydrogen) atoms. The molecule has 2 N–H and O–H groups in total. The van der Waals surface area contributed by atoms with Crippen molar-refractivity contribution in [3.05, 3.63) is 24.3 Å². The number of carboxylic acid groups (broad SMARTS) is 1. The van der Waals surface area contributed by atoms with E-state index in [-0.39, 0.29) is 12.5 Å². The number of carbonyl (C=O) groups is 1. The fourth-order valence-electron chi connectivity index (χ4n) is 1.54. The van der Waals surface area contributed by atoms with Crippen molar-refractivity contribution in [2.45, 2.75) is 32.7 Å². The molecular formula is C13H19NO3. The van der Waals surface area contributed by atoms with Crippen molar-refractivity contribution in [1.82, 2.24) is 0 Å². The van der Waals surface area contributed by atoms with Crippen LogP contribution in [0.2, 0.25) is 0 Å². The number of aliphatic carboxylic acids is 1. The molecule has 0 aliphatic rings. The molecule has 0 heterocycles. The average molecular weight is 237 g/mol. The van der Waals surface area contributed by atoms with Crippen LogP contribution >= 0.6 is 0 Å². The SMILES string of the molecule is CCOc1ccccc1NC(C)CCC(=O)O. The predicted octanol–water partition coefficient (Wildman–Crippen LogP) is 2.75. The molecule has 0 radical (unpaired) electrons. The maximum absolute atomic E-state index is 10.5. The first kappa shape index (κ1) is 13.4. The summed E-state index contributed by atoms with van der Waals surface area (Å²) in [6.07, 6.45) is 0.765. The van der Waals surface area contributed by atoms with E-state index in [0.717, 1.165) is 11.4 Å². The minimum atomic E-state index is -0.767. The summed E-state index contributed by atoms with van der Waals surface area (Å²) >= 11 is 0. The Morgan fingerprint density at radius 2 is 2.18 bits per heavy atom. The number of rotatable bonds is 7. The van der Waals surface area contributed by atoms with Gasteiger partial charge in [0.25, 0.3) is 0 Å². The molecule has 0 saturated heterocycles. The van der Waals surface area contributed by atoms with Gasteiger partial charge in [0.05, 0.1) is 12.3 Å². The largest absolute Gasteiger partial charge is 0.492 e. The number of hydrogen-bond acceptors (Lipinski definition) is 3. The van der Waals surface area contributed by atoms with Gasteiger partial charge in [-0.2, -0.15) is 0 Å². The fourth-order valence-corrected chi connectivity index (χ4v) is 1.54. The summed E-state index contributed by atoms with van der Waals surface area (Å²) in [6, 6.07) is 7.78. The molecule has 0 fully saturated rings. The number of benzene rings is 1. The number of anilines is 1. The second-order valence-corrected chi connectivity index (χ2v) is 3.91. The highest BCUT2D eigenvalue weighted by molar-refractivity contribution is 5.66. The van der Waals surface area contributed by atoms with Crippen LogP contribution < -0.4 is 10.1 Å². The maximum atomic E-state index is 10.5. The maximum Gasteiger partial charge on any atom is 0.303 e. The van der Waals surface area contributed by atoms with Crippen molar-refractivity contribution in [1.29, 1.82) is 0 Å². The van der Waals surface area contributed by atoms with Crippen LogP contribution in [-0.2, 0) is 4.79 Å². The number of nitrogens with one attached hydrogen (secondary N) is 1. The second kappa shape index (κ2) is 6.78. The lowest BCUT2D eigenvalue weighted by molar-refractivity contribution is -0.137. The normalized spacial score (nSPS) is 11.9. The van der Waals surface area contributed by atoms with Crippen molar-refractivity contribution in [2.75, 3.05) is 11.9 Å². The molecule has 0 amide bonds. The van der Waals surface area contributed by atoms with E-state index >= 15 is 0 Å². The van der Waals surface area contributed by atoms with Crippen LogP contribution in [0.1, 0.15) is 26.7 Å². The zero-order valence-corrected chi connectivity index (χ0v) is 10.3. The third-order valence-corrected chi connectivity index (χ3v) is 2.38. The monoisotopic (exact) mass is 237 g/mol. The first-order valence-electron chi connectivity index (χ1n) is 5.83. The highest BCUT2D eigenvalue weighted by Crippen LogP contribution is 2.24. The van der Waals surface area contributed by atoms with E-state index in [0.29, 0.717) is 13.0 Å². The molecule has 1 aromatic carbocycles. The lowest BCUT2D eigenvalue weighted by Crippen LogP contribution is -2.17. The predicted molar refractivity (Wildman–Crippen MR) is 67.6 cm³/mol. The van der Waals surface area contributed by atoms with Crippen molar-refractivity contribution >= 4 is 11.7 Å². The zero-order chi connectivity index (χ0) is 12.7. The van der Waals surface area contributed by atoms with Gasteiger partial charge in [-0.1, -0.05) is 12.1 Å². The van der Waals surface area contributed by atoms with Gasteiger partial charge in [-0.25, -0.2) is 0 Å². The highest BCUT2D eigenvalue weighted by Gasteiger charge is 2.08. The van der Waals surface area contributed by atoms with Gasteiger partial charge in [0.15, 0.2) is 0 Å². The van der Waals surface area contributed by atoms with Crippen LogP contribution in [0.15, 0.2) is 24.3 Å². The summed E-state index contributed by atoms with van der Waals surface area (Å²) in [5.41, 5.74) is 0.909. The molecule has 0 aliphatic heterocycles. The quantitative estimate of drug-likeness (QED) is 0.765. The van der Waals surface area contributed by atoms with Crippen LogP contribution in [0.25, 0.3) is 0 Å². The molecular weight excluding hydrogens is 218 g/mol. The third-order valence-electron chi connectivity index (χ3n) is 2.38. The van der Waals surface area contributed by atoms with Gasteiger partial charge >= 0.3 is 5.97 Å². The molecule has 0 aromatic heterocycles. The van der Waals surface area contributed by atoms with Gasteiger partial charge in [0.2, 0.25) is 0 Å². The molecule has 0 bridgehead atoms. The summed E-state index contributed by atoms with van der Waals surface area (Å²) in [6.45, 7) is 4.51. The van der Waals surface area contributed by atoms with Crippen molar-refractivity contribution < 1.29 is 14.6 Å². The van der Waals surface area contributed by atoms with Crippen LogP contribution in [-0.4, -0.2) is 23.7 Å². The molecule has 1 aromatic rings. The molecule has 1 atom stereocenters. The van der Waals surface area contributed by atoms with E-state index < -0.39 is 5.97 Å². The number of para-hydroxylation sites is 2. The van der Waals surface area contributed by atoms with E-state index in [1.165, 1.54) is 0 Å². The minimum absolute atomic E-state index is 0.104.